The van der Waals surface area contributed by atoms with Gasteiger partial charge in [-0.2, -0.15) is 0 Å². The molecule has 2 aliphatic heterocycles. The number of ether oxygens (including phenoxy) is 2. The second kappa shape index (κ2) is 11.2. The molecule has 7 heteroatoms. The van der Waals surface area contributed by atoms with Gasteiger partial charge in [-0.05, 0) is 67.6 Å². The van der Waals surface area contributed by atoms with E-state index in [1.54, 1.807) is 7.11 Å². The summed E-state index contributed by atoms with van der Waals surface area (Å²) in [6.07, 6.45) is 3.17. The number of urea groups is 1. The largest absolute Gasteiger partial charge is 0.491 e. The van der Waals surface area contributed by atoms with Crippen LogP contribution in [0.4, 0.5) is 10.5 Å². The van der Waals surface area contributed by atoms with E-state index in [9.17, 15) is 4.79 Å². The van der Waals surface area contributed by atoms with Gasteiger partial charge in [0.25, 0.3) is 0 Å². The van der Waals surface area contributed by atoms with E-state index in [1.165, 1.54) is 12.0 Å². The number of amides is 2. The minimum Gasteiger partial charge on any atom is -0.491 e. The van der Waals surface area contributed by atoms with Gasteiger partial charge < -0.3 is 19.7 Å². The molecule has 2 amide bonds. The molecule has 1 N–H and O–H groups in total. The van der Waals surface area contributed by atoms with Gasteiger partial charge in [0.2, 0.25) is 0 Å². The van der Waals surface area contributed by atoms with Gasteiger partial charge in [-0.3, -0.25) is 4.90 Å². The van der Waals surface area contributed by atoms with E-state index in [1.807, 2.05) is 41.3 Å². The molecule has 0 saturated carbocycles. The summed E-state index contributed by atoms with van der Waals surface area (Å²) in [5, 5.41) is 3.21. The van der Waals surface area contributed by atoms with E-state index in [-0.39, 0.29) is 12.1 Å². The second-order valence-corrected chi connectivity index (χ2v) is 9.49. The molecule has 2 aromatic carbocycles. The van der Waals surface area contributed by atoms with Crippen molar-refractivity contribution in [3.8, 4) is 5.75 Å². The SMILES string of the molecule is COCCOc1ccc(Br)c(CC2CCN(CC3CCN(c4ccccc4)C(=O)N3)C2)c1. The Bertz CT molecular complexity index is 895. The van der Waals surface area contributed by atoms with Gasteiger partial charge in [0.05, 0.1) is 6.61 Å². The minimum absolute atomic E-state index is 0.0115. The third-order valence-corrected chi connectivity index (χ3v) is 7.05. The highest BCUT2D eigenvalue weighted by atomic mass is 79.9. The molecule has 2 fully saturated rings. The fraction of sp³-hybridized carbons (Fsp3) is 0.480. The highest BCUT2D eigenvalue weighted by Gasteiger charge is 2.30. The number of anilines is 1. The minimum atomic E-state index is 0.0115. The van der Waals surface area contributed by atoms with Crippen LogP contribution >= 0.6 is 15.9 Å². The third kappa shape index (κ3) is 6.03. The van der Waals surface area contributed by atoms with Gasteiger partial charge in [0.1, 0.15) is 12.4 Å². The van der Waals surface area contributed by atoms with Gasteiger partial charge in [-0.1, -0.05) is 34.1 Å². The lowest BCUT2D eigenvalue weighted by Gasteiger charge is -2.34. The van der Waals surface area contributed by atoms with Gasteiger partial charge in [0, 0.05) is 42.9 Å². The number of carbonyl (C=O) groups is 1. The summed E-state index contributed by atoms with van der Waals surface area (Å²) in [4.78, 5) is 17.0. The first-order valence-electron chi connectivity index (χ1n) is 11.4. The van der Waals surface area contributed by atoms with Crippen LogP contribution in [-0.4, -0.2) is 63.5 Å². The van der Waals surface area contributed by atoms with Crippen LogP contribution < -0.4 is 15.0 Å². The Morgan fingerprint density at radius 3 is 2.72 bits per heavy atom. The van der Waals surface area contributed by atoms with Crippen LogP contribution in [0.15, 0.2) is 53.0 Å². The fourth-order valence-electron chi connectivity index (χ4n) is 4.61. The van der Waals surface area contributed by atoms with Gasteiger partial charge >= 0.3 is 6.03 Å². The average Bonchev–Trinajstić information content (AvgIpc) is 3.23. The number of carbonyl (C=O) groups excluding carboxylic acids is 1. The number of nitrogens with one attached hydrogen (secondary N) is 1. The number of hydrogen-bond acceptors (Lipinski definition) is 4. The van der Waals surface area contributed by atoms with Crippen molar-refractivity contribution in [2.45, 2.75) is 25.3 Å². The molecule has 0 aromatic heterocycles. The van der Waals surface area contributed by atoms with Crippen LogP contribution in [-0.2, 0) is 11.2 Å². The summed E-state index contributed by atoms with van der Waals surface area (Å²) < 4.78 is 12.0. The van der Waals surface area contributed by atoms with E-state index in [0.717, 1.165) is 54.9 Å². The predicted octanol–water partition coefficient (Wildman–Crippen LogP) is 4.33. The first-order chi connectivity index (χ1) is 15.6. The maximum absolute atomic E-state index is 12.6. The number of para-hydroxylation sites is 1. The number of likely N-dealkylation sites (tertiary alicyclic amines) is 1. The van der Waals surface area contributed by atoms with Crippen molar-refractivity contribution < 1.29 is 14.3 Å². The first-order valence-corrected chi connectivity index (χ1v) is 12.2. The van der Waals surface area contributed by atoms with Crippen molar-refractivity contribution in [1.29, 1.82) is 0 Å². The lowest BCUT2D eigenvalue weighted by atomic mass is 9.98. The monoisotopic (exact) mass is 501 g/mol. The molecule has 0 spiro atoms. The first kappa shape index (κ1) is 23.1. The molecule has 2 saturated heterocycles. The zero-order chi connectivity index (χ0) is 22.3. The molecule has 2 aliphatic rings. The van der Waals surface area contributed by atoms with E-state index >= 15 is 0 Å². The lowest BCUT2D eigenvalue weighted by molar-refractivity contribution is 0.146. The summed E-state index contributed by atoms with van der Waals surface area (Å²) in [6, 6.07) is 16.3. The number of nitrogens with zero attached hydrogens (tertiary/aromatic N) is 2. The molecule has 172 valence electrons. The molecule has 32 heavy (non-hydrogen) atoms. The van der Waals surface area contributed by atoms with Crippen LogP contribution in [0.5, 0.6) is 5.75 Å². The molecule has 2 unspecified atom stereocenters. The Morgan fingerprint density at radius 1 is 1.09 bits per heavy atom. The topological polar surface area (TPSA) is 54.0 Å². The summed E-state index contributed by atoms with van der Waals surface area (Å²) in [5.74, 6) is 1.50. The zero-order valence-corrected chi connectivity index (χ0v) is 20.2. The Kier molecular flexibility index (Phi) is 8.05. The molecular weight excluding hydrogens is 470 g/mol. The molecule has 2 atom stereocenters. The molecule has 4 rings (SSSR count). The van der Waals surface area contributed by atoms with E-state index in [4.69, 9.17) is 9.47 Å². The summed E-state index contributed by atoms with van der Waals surface area (Å²) >= 11 is 3.70. The van der Waals surface area contributed by atoms with Gasteiger partial charge in [-0.25, -0.2) is 4.79 Å². The number of methoxy groups -OCH3 is 1. The number of rotatable bonds is 9. The fourth-order valence-corrected chi connectivity index (χ4v) is 5.02. The van der Waals surface area contributed by atoms with Crippen molar-refractivity contribution in [2.75, 3.05) is 51.4 Å². The highest BCUT2D eigenvalue weighted by molar-refractivity contribution is 9.10. The molecular formula is C25H32BrN3O3. The summed E-state index contributed by atoms with van der Waals surface area (Å²) in [7, 11) is 1.68. The molecule has 0 aliphatic carbocycles. The number of halogens is 1. The van der Waals surface area contributed by atoms with E-state index < -0.39 is 0 Å². The maximum Gasteiger partial charge on any atom is 0.322 e. The van der Waals surface area contributed by atoms with Gasteiger partial charge in [-0.15, -0.1) is 0 Å². The summed E-state index contributed by atoms with van der Waals surface area (Å²) in [5.41, 5.74) is 2.25. The Morgan fingerprint density at radius 2 is 1.94 bits per heavy atom. The van der Waals surface area contributed by atoms with Crippen molar-refractivity contribution in [2.24, 2.45) is 5.92 Å². The molecule has 0 bridgehead atoms. The molecule has 0 radical (unpaired) electrons. The molecule has 6 nitrogen and oxygen atoms in total. The predicted molar refractivity (Wildman–Crippen MR) is 130 cm³/mol. The Labute approximate surface area is 199 Å². The van der Waals surface area contributed by atoms with Crippen molar-refractivity contribution >= 4 is 27.6 Å². The highest BCUT2D eigenvalue weighted by Crippen LogP contribution is 2.29. The van der Waals surface area contributed by atoms with E-state index in [2.05, 4.69) is 38.3 Å². The normalized spacial score (nSPS) is 21.6. The van der Waals surface area contributed by atoms with E-state index in [0.29, 0.717) is 19.1 Å². The van der Waals surface area contributed by atoms with Crippen LogP contribution in [0.1, 0.15) is 18.4 Å². The average molecular weight is 502 g/mol. The smallest absolute Gasteiger partial charge is 0.322 e. The molecule has 2 aromatic rings. The Balaban J connectivity index is 1.26. The zero-order valence-electron chi connectivity index (χ0n) is 18.6. The van der Waals surface area contributed by atoms with Crippen molar-refractivity contribution in [3.63, 3.8) is 0 Å². The van der Waals surface area contributed by atoms with Crippen LogP contribution in [0, 0.1) is 5.92 Å². The number of hydrogen-bond donors (Lipinski definition) is 1. The maximum atomic E-state index is 12.6. The Hall–Kier alpha value is -2.09. The van der Waals surface area contributed by atoms with Crippen LogP contribution in [0.2, 0.25) is 0 Å². The third-order valence-electron chi connectivity index (χ3n) is 6.27. The quantitative estimate of drug-likeness (QED) is 0.519. The number of benzene rings is 2. The lowest BCUT2D eigenvalue weighted by Crippen LogP contribution is -2.55. The van der Waals surface area contributed by atoms with Gasteiger partial charge in [0.15, 0.2) is 0 Å². The summed E-state index contributed by atoms with van der Waals surface area (Å²) in [6.45, 7) is 4.98. The van der Waals surface area contributed by atoms with Crippen molar-refractivity contribution in [3.05, 3.63) is 58.6 Å². The second-order valence-electron chi connectivity index (χ2n) is 8.64. The molecule has 2 heterocycles. The van der Waals surface area contributed by atoms with Crippen LogP contribution in [0.3, 0.4) is 0 Å². The van der Waals surface area contributed by atoms with Crippen molar-refractivity contribution in [1.82, 2.24) is 10.2 Å². The van der Waals surface area contributed by atoms with Crippen LogP contribution in [0.25, 0.3) is 0 Å². The standard InChI is InChI=1S/C25H32BrN3O3/c1-31-13-14-32-23-7-8-24(26)20(16-23)15-19-9-11-28(17-19)18-21-10-12-29(25(30)27-21)22-5-3-2-4-6-22/h2-8,16,19,21H,9-15,17-18H2,1H3,(H,27,30).